The van der Waals surface area contributed by atoms with Gasteiger partial charge in [0.25, 0.3) is 0 Å². The Morgan fingerprint density at radius 1 is 1.58 bits per heavy atom. The van der Waals surface area contributed by atoms with Crippen LogP contribution >= 0.6 is 12.2 Å². The fraction of sp³-hybridized carbons (Fsp3) is 0.800. The van der Waals surface area contributed by atoms with E-state index in [0.717, 1.165) is 6.42 Å². The number of nitrogens with two attached hydrogens (primary N) is 1. The summed E-state index contributed by atoms with van der Waals surface area (Å²) in [5.74, 6) is 0.412. The number of thiocarbonyl (C=S) groups is 1. The molecule has 0 aliphatic rings. The smallest absolute Gasteiger partial charge is 0.393 e. The third-order valence-corrected chi connectivity index (χ3v) is 1.50. The Morgan fingerprint density at radius 2 is 1.83 bits per heavy atom. The van der Waals surface area contributed by atoms with Crippen LogP contribution in [0.3, 0.4) is 0 Å². The van der Waals surface area contributed by atoms with E-state index in [2.05, 4.69) is 6.92 Å². The molecule has 0 fully saturated rings. The van der Waals surface area contributed by atoms with Crippen molar-refractivity contribution >= 4 is 27.6 Å². The molecule has 0 spiro atoms. The van der Waals surface area contributed by atoms with Crippen molar-refractivity contribution < 1.29 is 17.5 Å². The third-order valence-electron chi connectivity index (χ3n) is 1.10. The van der Waals surface area contributed by atoms with E-state index >= 15 is 0 Å². The number of hydrogen-bond donors (Lipinski definition) is 3. The van der Waals surface area contributed by atoms with Gasteiger partial charge in [0.15, 0.2) is 0 Å². The van der Waals surface area contributed by atoms with E-state index in [9.17, 15) is 0 Å². The molecule has 1 unspecified atom stereocenters. The largest absolute Gasteiger partial charge is 0.394 e. The zero-order chi connectivity index (χ0) is 10.4. The molecular formula is C5H13NO4S2. The summed E-state index contributed by atoms with van der Waals surface area (Å²) < 4.78 is 31.6. The second-order valence-corrected chi connectivity index (χ2v) is 3.53. The first-order valence-corrected chi connectivity index (χ1v) is 4.98. The van der Waals surface area contributed by atoms with Crippen LogP contribution in [-0.2, 0) is 10.4 Å². The van der Waals surface area contributed by atoms with Crippen LogP contribution in [0.4, 0.5) is 0 Å². The van der Waals surface area contributed by atoms with Crippen molar-refractivity contribution in [1.29, 1.82) is 0 Å². The predicted octanol–water partition coefficient (Wildman–Crippen LogP) is 0.666. The van der Waals surface area contributed by atoms with E-state index in [1.54, 1.807) is 0 Å². The molecule has 0 saturated heterocycles. The predicted molar refractivity (Wildman–Crippen MR) is 50.4 cm³/mol. The maximum atomic E-state index is 8.74. The van der Waals surface area contributed by atoms with Gasteiger partial charge in [-0.3, -0.25) is 9.11 Å². The van der Waals surface area contributed by atoms with Crippen LogP contribution in [0.25, 0.3) is 0 Å². The molecular weight excluding hydrogens is 202 g/mol. The number of hydrogen-bond acceptors (Lipinski definition) is 3. The lowest BCUT2D eigenvalue weighted by Gasteiger charge is -2.01. The maximum absolute atomic E-state index is 8.74. The van der Waals surface area contributed by atoms with Gasteiger partial charge in [-0.25, -0.2) is 0 Å². The van der Waals surface area contributed by atoms with Gasteiger partial charge in [0.1, 0.15) is 0 Å². The summed E-state index contributed by atoms with van der Waals surface area (Å²) in [7, 11) is -4.67. The molecule has 0 aromatic carbocycles. The Hall–Kier alpha value is -0.240. The van der Waals surface area contributed by atoms with Crippen LogP contribution in [-0.4, -0.2) is 22.5 Å². The Morgan fingerprint density at radius 3 is 1.83 bits per heavy atom. The molecule has 0 aliphatic carbocycles. The van der Waals surface area contributed by atoms with Gasteiger partial charge in [0.2, 0.25) is 0 Å². The van der Waals surface area contributed by atoms with Gasteiger partial charge in [-0.2, -0.15) is 8.42 Å². The van der Waals surface area contributed by atoms with Crippen LogP contribution < -0.4 is 5.73 Å². The number of rotatable bonds is 2. The van der Waals surface area contributed by atoms with Gasteiger partial charge in [-0.05, 0) is 6.42 Å². The molecule has 0 aromatic heterocycles. The van der Waals surface area contributed by atoms with Crippen molar-refractivity contribution in [2.75, 3.05) is 0 Å². The van der Waals surface area contributed by atoms with Gasteiger partial charge in [-0.15, -0.1) is 0 Å². The molecule has 0 heterocycles. The Balaban J connectivity index is 0. The SMILES string of the molecule is CCC(C)C(N)=S.O=S(=O)(O)O. The fourth-order valence-corrected chi connectivity index (χ4v) is 0.368. The normalized spacial score (nSPS) is 12.7. The molecule has 0 radical (unpaired) electrons. The summed E-state index contributed by atoms with van der Waals surface area (Å²) >= 11 is 4.70. The van der Waals surface area contributed by atoms with E-state index in [0.29, 0.717) is 10.9 Å². The molecule has 0 aliphatic heterocycles. The monoisotopic (exact) mass is 215 g/mol. The van der Waals surface area contributed by atoms with Crippen molar-refractivity contribution in [3.63, 3.8) is 0 Å². The standard InChI is InChI=1S/C5H11NS.H2O4S/c1-3-4(2)5(6)7;1-5(2,3)4/h4H,3H2,1-2H3,(H2,6,7);(H2,1,2,3,4). The van der Waals surface area contributed by atoms with Crippen LogP contribution in [0.5, 0.6) is 0 Å². The van der Waals surface area contributed by atoms with E-state index in [4.69, 9.17) is 35.5 Å². The van der Waals surface area contributed by atoms with E-state index < -0.39 is 10.4 Å². The molecule has 74 valence electrons. The summed E-state index contributed by atoms with van der Waals surface area (Å²) in [6, 6.07) is 0. The minimum absolute atomic E-state index is 0.412. The summed E-state index contributed by atoms with van der Waals surface area (Å²) in [4.78, 5) is 0.627. The van der Waals surface area contributed by atoms with Crippen LogP contribution in [0.1, 0.15) is 20.3 Å². The summed E-state index contributed by atoms with van der Waals surface area (Å²) in [6.45, 7) is 4.10. The highest BCUT2D eigenvalue weighted by molar-refractivity contribution is 7.80. The lowest BCUT2D eigenvalue weighted by atomic mass is 10.1. The molecule has 4 N–H and O–H groups in total. The van der Waals surface area contributed by atoms with E-state index in [1.165, 1.54) is 0 Å². The summed E-state index contributed by atoms with van der Waals surface area (Å²) in [6.07, 6.45) is 1.05. The minimum atomic E-state index is -4.67. The van der Waals surface area contributed by atoms with E-state index in [-0.39, 0.29) is 0 Å². The molecule has 12 heavy (non-hydrogen) atoms. The molecule has 0 rings (SSSR count). The van der Waals surface area contributed by atoms with Crippen molar-refractivity contribution in [3.8, 4) is 0 Å². The topological polar surface area (TPSA) is 101 Å². The average Bonchev–Trinajstić information content (AvgIpc) is 1.82. The molecule has 7 heteroatoms. The van der Waals surface area contributed by atoms with Crippen LogP contribution in [0.15, 0.2) is 0 Å². The van der Waals surface area contributed by atoms with E-state index in [1.807, 2.05) is 6.92 Å². The highest BCUT2D eigenvalue weighted by atomic mass is 32.3. The average molecular weight is 215 g/mol. The lowest BCUT2D eigenvalue weighted by Crippen LogP contribution is -2.16. The van der Waals surface area contributed by atoms with Gasteiger partial charge in [0, 0.05) is 5.92 Å². The molecule has 0 amide bonds. The van der Waals surface area contributed by atoms with Crippen molar-refractivity contribution in [2.45, 2.75) is 20.3 Å². The Labute approximate surface area is 77.5 Å². The van der Waals surface area contributed by atoms with Crippen molar-refractivity contribution in [1.82, 2.24) is 0 Å². The Kier molecular flexibility index (Phi) is 7.50. The first-order valence-electron chi connectivity index (χ1n) is 3.17. The second kappa shape index (κ2) is 6.30. The summed E-state index contributed by atoms with van der Waals surface area (Å²) in [5.41, 5.74) is 5.28. The fourth-order valence-electron chi connectivity index (χ4n) is 0.201. The zero-order valence-electron chi connectivity index (χ0n) is 6.89. The quantitative estimate of drug-likeness (QED) is 0.462. The van der Waals surface area contributed by atoms with Crippen molar-refractivity contribution in [3.05, 3.63) is 0 Å². The maximum Gasteiger partial charge on any atom is 0.394 e. The molecule has 1 atom stereocenters. The molecule has 0 aromatic rings. The molecule has 0 bridgehead atoms. The molecule has 0 saturated carbocycles. The third kappa shape index (κ3) is 22.6. The zero-order valence-corrected chi connectivity index (χ0v) is 8.52. The van der Waals surface area contributed by atoms with Gasteiger partial charge < -0.3 is 5.73 Å². The first kappa shape index (κ1) is 14.3. The Bertz CT molecular complexity index is 216. The lowest BCUT2D eigenvalue weighted by molar-refractivity contribution is 0.381. The van der Waals surface area contributed by atoms with Crippen molar-refractivity contribution in [2.24, 2.45) is 11.7 Å². The van der Waals surface area contributed by atoms with Gasteiger partial charge in [-0.1, -0.05) is 26.1 Å². The van der Waals surface area contributed by atoms with Gasteiger partial charge >= 0.3 is 10.4 Å². The summed E-state index contributed by atoms with van der Waals surface area (Å²) in [5, 5.41) is 0. The molecule has 5 nitrogen and oxygen atoms in total. The first-order chi connectivity index (χ1) is 5.18. The van der Waals surface area contributed by atoms with Crippen LogP contribution in [0.2, 0.25) is 0 Å². The minimum Gasteiger partial charge on any atom is -0.393 e. The highest BCUT2D eigenvalue weighted by Crippen LogP contribution is 1.98. The van der Waals surface area contributed by atoms with Gasteiger partial charge in [0.05, 0.1) is 4.99 Å². The van der Waals surface area contributed by atoms with Crippen LogP contribution in [0, 0.1) is 5.92 Å². The second-order valence-electron chi connectivity index (χ2n) is 2.16. The highest BCUT2D eigenvalue weighted by Gasteiger charge is 1.97.